The van der Waals surface area contributed by atoms with Crippen LogP contribution in [0.5, 0.6) is 0 Å². The molecule has 1 aliphatic rings. The molecule has 0 saturated carbocycles. The van der Waals surface area contributed by atoms with Gasteiger partial charge in [-0.1, -0.05) is 38.1 Å². The Kier molecular flexibility index (Phi) is 6.46. The van der Waals surface area contributed by atoms with Crippen LogP contribution in [-0.4, -0.2) is 36.2 Å². The van der Waals surface area contributed by atoms with Crippen LogP contribution in [0.2, 0.25) is 0 Å². The van der Waals surface area contributed by atoms with Crippen LogP contribution in [0.3, 0.4) is 0 Å². The standard InChI is InChI=1S/C19H30N2O2/c1-14(2)12-15(10-11-22)13-20-19(23)21(3)18-9-8-16-6-4-5-7-17(16)18/h4-7,14-15,18,22H,8-13H2,1-3H3,(H,20,23). The first-order chi connectivity index (χ1) is 11.0. The fourth-order valence-electron chi connectivity index (χ4n) is 3.59. The van der Waals surface area contributed by atoms with Gasteiger partial charge in [0.25, 0.3) is 0 Å². The van der Waals surface area contributed by atoms with Crippen molar-refractivity contribution >= 4 is 6.03 Å². The topological polar surface area (TPSA) is 52.6 Å². The van der Waals surface area contributed by atoms with E-state index in [0.717, 1.165) is 25.7 Å². The molecule has 0 aromatic heterocycles. The van der Waals surface area contributed by atoms with Crippen molar-refractivity contribution in [3.8, 4) is 0 Å². The molecule has 1 aromatic rings. The number of carbonyl (C=O) groups is 1. The highest BCUT2D eigenvalue weighted by Crippen LogP contribution is 2.34. The molecule has 2 unspecified atom stereocenters. The fourth-order valence-corrected chi connectivity index (χ4v) is 3.59. The lowest BCUT2D eigenvalue weighted by Crippen LogP contribution is -2.41. The Morgan fingerprint density at radius 3 is 2.83 bits per heavy atom. The third kappa shape index (κ3) is 4.71. The first-order valence-corrected chi connectivity index (χ1v) is 8.72. The molecule has 0 aliphatic heterocycles. The van der Waals surface area contributed by atoms with Crippen LogP contribution >= 0.6 is 0 Å². The minimum absolute atomic E-state index is 0.0154. The maximum Gasteiger partial charge on any atom is 0.317 e. The number of rotatable bonds is 7. The van der Waals surface area contributed by atoms with Gasteiger partial charge in [0.1, 0.15) is 0 Å². The van der Waals surface area contributed by atoms with Crippen LogP contribution in [-0.2, 0) is 6.42 Å². The Hall–Kier alpha value is -1.55. The van der Waals surface area contributed by atoms with Crippen molar-refractivity contribution in [3.63, 3.8) is 0 Å². The summed E-state index contributed by atoms with van der Waals surface area (Å²) >= 11 is 0. The van der Waals surface area contributed by atoms with Gasteiger partial charge in [-0.3, -0.25) is 0 Å². The summed E-state index contributed by atoms with van der Waals surface area (Å²) in [5.74, 6) is 0.913. The van der Waals surface area contributed by atoms with E-state index < -0.39 is 0 Å². The monoisotopic (exact) mass is 318 g/mol. The van der Waals surface area contributed by atoms with Gasteiger partial charge >= 0.3 is 6.03 Å². The summed E-state index contributed by atoms with van der Waals surface area (Å²) in [6.07, 6.45) is 3.81. The van der Waals surface area contributed by atoms with E-state index in [-0.39, 0.29) is 18.7 Å². The molecule has 0 saturated heterocycles. The van der Waals surface area contributed by atoms with E-state index >= 15 is 0 Å². The lowest BCUT2D eigenvalue weighted by atomic mass is 9.94. The van der Waals surface area contributed by atoms with Crippen LogP contribution in [0.1, 0.15) is 50.3 Å². The number of nitrogens with one attached hydrogen (secondary N) is 1. The number of carbonyl (C=O) groups excluding carboxylic acids is 1. The van der Waals surface area contributed by atoms with Crippen molar-refractivity contribution in [2.45, 2.75) is 45.6 Å². The highest BCUT2D eigenvalue weighted by molar-refractivity contribution is 5.74. The van der Waals surface area contributed by atoms with Gasteiger partial charge in [0.05, 0.1) is 6.04 Å². The summed E-state index contributed by atoms with van der Waals surface area (Å²) in [6, 6.07) is 8.55. The van der Waals surface area contributed by atoms with E-state index in [1.54, 1.807) is 0 Å². The maximum atomic E-state index is 12.5. The number of urea groups is 1. The quantitative estimate of drug-likeness (QED) is 0.810. The Morgan fingerprint density at radius 1 is 1.39 bits per heavy atom. The molecule has 1 aliphatic carbocycles. The molecule has 0 radical (unpaired) electrons. The molecule has 0 heterocycles. The number of hydrogen-bond acceptors (Lipinski definition) is 2. The van der Waals surface area contributed by atoms with E-state index in [0.29, 0.717) is 18.4 Å². The molecular weight excluding hydrogens is 288 g/mol. The smallest absolute Gasteiger partial charge is 0.317 e. The zero-order valence-electron chi connectivity index (χ0n) is 14.6. The second kappa shape index (κ2) is 8.34. The molecule has 0 spiro atoms. The SMILES string of the molecule is CC(C)CC(CCO)CNC(=O)N(C)C1CCc2ccccc21. The molecule has 2 rings (SSSR count). The van der Waals surface area contributed by atoms with Crippen molar-refractivity contribution in [2.75, 3.05) is 20.2 Å². The number of nitrogens with zero attached hydrogens (tertiary/aromatic N) is 1. The first-order valence-electron chi connectivity index (χ1n) is 8.72. The highest BCUT2D eigenvalue weighted by Gasteiger charge is 2.28. The normalized spacial score (nSPS) is 17.9. The summed E-state index contributed by atoms with van der Waals surface area (Å²) in [4.78, 5) is 14.3. The summed E-state index contributed by atoms with van der Waals surface area (Å²) in [5, 5.41) is 12.2. The van der Waals surface area contributed by atoms with Crippen LogP contribution in [0, 0.1) is 11.8 Å². The second-order valence-electron chi connectivity index (χ2n) is 7.06. The minimum atomic E-state index is -0.0154. The van der Waals surface area contributed by atoms with Crippen molar-refractivity contribution in [1.29, 1.82) is 0 Å². The molecule has 2 amide bonds. The van der Waals surface area contributed by atoms with E-state index in [2.05, 4.69) is 37.4 Å². The van der Waals surface area contributed by atoms with Crippen molar-refractivity contribution < 1.29 is 9.90 Å². The molecule has 4 heteroatoms. The Labute approximate surface area is 139 Å². The Balaban J connectivity index is 1.90. The third-order valence-corrected chi connectivity index (χ3v) is 4.77. The van der Waals surface area contributed by atoms with E-state index in [1.807, 2.05) is 18.0 Å². The second-order valence-corrected chi connectivity index (χ2v) is 7.06. The average Bonchev–Trinajstić information content (AvgIpc) is 2.95. The lowest BCUT2D eigenvalue weighted by Gasteiger charge is -2.27. The number of aliphatic hydroxyl groups is 1. The number of hydrogen-bond donors (Lipinski definition) is 2. The van der Waals surface area contributed by atoms with Crippen LogP contribution in [0.15, 0.2) is 24.3 Å². The Bertz CT molecular complexity index is 516. The lowest BCUT2D eigenvalue weighted by molar-refractivity contribution is 0.184. The van der Waals surface area contributed by atoms with E-state index in [9.17, 15) is 9.90 Å². The third-order valence-electron chi connectivity index (χ3n) is 4.77. The van der Waals surface area contributed by atoms with Gasteiger partial charge in [0, 0.05) is 20.2 Å². The molecule has 4 nitrogen and oxygen atoms in total. The number of aryl methyl sites for hydroxylation is 1. The van der Waals surface area contributed by atoms with E-state index in [4.69, 9.17) is 0 Å². The molecular formula is C19H30N2O2. The van der Waals surface area contributed by atoms with Gasteiger partial charge in [-0.05, 0) is 48.6 Å². The largest absolute Gasteiger partial charge is 0.396 e. The molecule has 1 aromatic carbocycles. The highest BCUT2D eigenvalue weighted by atomic mass is 16.3. The van der Waals surface area contributed by atoms with Crippen LogP contribution < -0.4 is 5.32 Å². The average molecular weight is 318 g/mol. The fraction of sp³-hybridized carbons (Fsp3) is 0.632. The number of benzene rings is 1. The molecule has 0 bridgehead atoms. The van der Waals surface area contributed by atoms with Gasteiger partial charge in [-0.2, -0.15) is 0 Å². The summed E-state index contributed by atoms with van der Waals surface area (Å²) in [6.45, 7) is 5.16. The van der Waals surface area contributed by atoms with Gasteiger partial charge in [0.2, 0.25) is 0 Å². The van der Waals surface area contributed by atoms with Gasteiger partial charge in [-0.15, -0.1) is 0 Å². The summed E-state index contributed by atoms with van der Waals surface area (Å²) < 4.78 is 0. The summed E-state index contributed by atoms with van der Waals surface area (Å²) in [7, 11) is 1.88. The first kappa shape index (κ1) is 17.8. The van der Waals surface area contributed by atoms with Crippen molar-refractivity contribution in [2.24, 2.45) is 11.8 Å². The van der Waals surface area contributed by atoms with Crippen LogP contribution in [0.4, 0.5) is 4.79 Å². The molecule has 2 N–H and O–H groups in total. The maximum absolute atomic E-state index is 12.5. The van der Waals surface area contributed by atoms with E-state index in [1.165, 1.54) is 11.1 Å². The molecule has 0 fully saturated rings. The molecule has 2 atom stereocenters. The van der Waals surface area contributed by atoms with Gasteiger partial charge in [0.15, 0.2) is 0 Å². The number of fused-ring (bicyclic) bond motifs is 1. The van der Waals surface area contributed by atoms with Gasteiger partial charge < -0.3 is 15.3 Å². The zero-order valence-corrected chi connectivity index (χ0v) is 14.6. The van der Waals surface area contributed by atoms with Gasteiger partial charge in [-0.25, -0.2) is 4.79 Å². The summed E-state index contributed by atoms with van der Waals surface area (Å²) in [5.41, 5.74) is 2.63. The predicted molar refractivity (Wildman–Crippen MR) is 93.3 cm³/mol. The van der Waals surface area contributed by atoms with Crippen molar-refractivity contribution in [1.82, 2.24) is 10.2 Å². The number of aliphatic hydroxyl groups excluding tert-OH is 1. The van der Waals surface area contributed by atoms with Crippen LogP contribution in [0.25, 0.3) is 0 Å². The molecule has 23 heavy (non-hydrogen) atoms. The van der Waals surface area contributed by atoms with Crippen molar-refractivity contribution in [3.05, 3.63) is 35.4 Å². The minimum Gasteiger partial charge on any atom is -0.396 e. The zero-order chi connectivity index (χ0) is 16.8. The predicted octanol–water partition coefficient (Wildman–Crippen LogP) is 3.36. The number of amides is 2. The molecule has 128 valence electrons. The Morgan fingerprint density at radius 2 is 2.13 bits per heavy atom.